The first kappa shape index (κ1) is 66.9. The van der Waals surface area contributed by atoms with E-state index in [-0.39, 0.29) is 75.6 Å². The summed E-state index contributed by atoms with van der Waals surface area (Å²) in [6.07, 6.45) is 5.88. The molecule has 2 aromatic heterocycles. The smallest absolute Gasteiger partial charge is 0.407 e. The first-order valence-corrected chi connectivity index (χ1v) is 30.4. The third kappa shape index (κ3) is 19.7. The fourth-order valence-corrected chi connectivity index (χ4v) is 10.0. The Morgan fingerprint density at radius 2 is 1.02 bits per heavy atom. The van der Waals surface area contributed by atoms with E-state index in [4.69, 9.17) is 28.4 Å². The van der Waals surface area contributed by atoms with E-state index in [0.29, 0.717) is 90.3 Å². The predicted molar refractivity (Wildman–Crippen MR) is 331 cm³/mol. The number of nitrogens with zero attached hydrogens (tertiary/aromatic N) is 7. The summed E-state index contributed by atoms with van der Waals surface area (Å²) in [6.45, 7) is 9.82. The van der Waals surface area contributed by atoms with Crippen molar-refractivity contribution in [3.05, 3.63) is 108 Å². The van der Waals surface area contributed by atoms with Gasteiger partial charge in [-0.1, -0.05) is 123 Å². The molecule has 0 spiro atoms. The Kier molecular flexibility index (Phi) is 27.8. The van der Waals surface area contributed by atoms with Gasteiger partial charge in [-0.3, -0.25) is 19.2 Å². The number of rotatable bonds is 32. The lowest BCUT2D eigenvalue weighted by Gasteiger charge is -2.28. The summed E-state index contributed by atoms with van der Waals surface area (Å²) in [5.41, 5.74) is 9.67. The quantitative estimate of drug-likeness (QED) is 0.0205. The van der Waals surface area contributed by atoms with Crippen LogP contribution in [0.1, 0.15) is 89.2 Å². The number of nitrogens with one attached hydrogen (secondary N) is 5. The van der Waals surface area contributed by atoms with Gasteiger partial charge in [0.05, 0.1) is 81.9 Å². The molecular formula is C64H85N12O12+. The zero-order chi connectivity index (χ0) is 62.3. The normalized spacial score (nSPS) is 11.9. The van der Waals surface area contributed by atoms with Crippen molar-refractivity contribution in [1.82, 2.24) is 46.6 Å². The molecule has 0 aliphatic carbocycles. The minimum atomic E-state index is -0.449. The van der Waals surface area contributed by atoms with Gasteiger partial charge in [0.2, 0.25) is 29.3 Å². The van der Waals surface area contributed by atoms with Gasteiger partial charge < -0.3 is 59.5 Å². The lowest BCUT2D eigenvalue weighted by molar-refractivity contribution is -0.744. The Balaban J connectivity index is 0.000000251. The van der Waals surface area contributed by atoms with Crippen molar-refractivity contribution in [3.8, 4) is 45.0 Å². The largest absolute Gasteiger partial charge is 0.448 e. The summed E-state index contributed by atoms with van der Waals surface area (Å²) < 4.78 is 35.0. The molecule has 0 atom stereocenters. The second kappa shape index (κ2) is 36.5. The molecule has 0 saturated carbocycles. The molecule has 472 valence electrons. The molecule has 0 unspecified atom stereocenters. The number of carbonyl (C=O) groups is 6. The number of amides is 6. The average Bonchev–Trinajstić information content (AvgIpc) is 1.58. The van der Waals surface area contributed by atoms with Crippen LogP contribution in [0.5, 0.6) is 0 Å². The maximum absolute atomic E-state index is 13.7. The second-order valence-corrected chi connectivity index (χ2v) is 20.8. The van der Waals surface area contributed by atoms with Crippen LogP contribution in [0.4, 0.5) is 21.0 Å². The standard InChI is InChI=1S/2C32H42N6O6/c1-3-4-9-16-34-32(41)44-20-18-38-31-25-11-6-5-10-24(25)23-37(27-13-8-7-12-26(27)30(31)35-36-38)29(40)14-17-33-28(39)15-19-43-22-21-42-2;1-3-4-9-16-34-32(41)44-20-18-38-31-26-12-7-8-13-27(26)37(23-24-10-5-6-11-25(24)30(31)35-36-38)29(40)14-17-33-28(39)15-19-43-22-21-42-2/h5-8,10-13H,3-4,9,14-23H2,1-2H3,(H,33,39)(H,34,41);5-8,10-13H,3-4,9,14-23H2,1-2H3,(H2,33,34,39,41)/p+1. The van der Waals surface area contributed by atoms with Gasteiger partial charge in [-0.15, -0.1) is 5.10 Å². The number of alkyl carbamates (subject to hydrolysis) is 2. The molecule has 6 aromatic rings. The molecule has 0 fully saturated rings. The molecule has 2 aliphatic heterocycles. The van der Waals surface area contributed by atoms with E-state index >= 15 is 0 Å². The van der Waals surface area contributed by atoms with Crippen LogP contribution >= 0.6 is 0 Å². The lowest BCUT2D eigenvalue weighted by atomic mass is 9.95. The number of ether oxygens (including phenoxy) is 6. The van der Waals surface area contributed by atoms with E-state index < -0.39 is 12.2 Å². The molecule has 0 saturated heterocycles. The molecule has 4 heterocycles. The van der Waals surface area contributed by atoms with E-state index in [0.717, 1.165) is 94.7 Å². The van der Waals surface area contributed by atoms with Crippen molar-refractivity contribution >= 4 is 47.2 Å². The molecular weight excluding hydrogens is 1130 g/mol. The summed E-state index contributed by atoms with van der Waals surface area (Å²) in [7, 11) is 3.19. The molecule has 24 nitrogen and oxygen atoms in total. The van der Waals surface area contributed by atoms with Crippen LogP contribution in [0, 0.1) is 0 Å². The number of benzene rings is 4. The van der Waals surface area contributed by atoms with Crippen molar-refractivity contribution in [2.45, 2.75) is 104 Å². The Bertz CT molecular complexity index is 3200. The fraction of sp³-hybridized carbons (Fsp3) is 0.469. The Hall–Kier alpha value is -8.58. The van der Waals surface area contributed by atoms with Crippen molar-refractivity contribution in [2.24, 2.45) is 0 Å². The molecule has 2 aliphatic rings. The summed E-state index contributed by atoms with van der Waals surface area (Å²) in [4.78, 5) is 79.6. The van der Waals surface area contributed by atoms with Crippen LogP contribution < -0.4 is 35.7 Å². The number of methoxy groups -OCH3 is 2. The van der Waals surface area contributed by atoms with Crippen molar-refractivity contribution in [2.75, 3.05) is 103 Å². The number of anilines is 2. The van der Waals surface area contributed by atoms with Crippen LogP contribution in [0.25, 0.3) is 45.0 Å². The number of H-pyrrole nitrogens is 1. The van der Waals surface area contributed by atoms with E-state index in [9.17, 15) is 28.8 Å². The zero-order valence-electron chi connectivity index (χ0n) is 51.2. The highest BCUT2D eigenvalue weighted by atomic mass is 16.6. The summed E-state index contributed by atoms with van der Waals surface area (Å²) >= 11 is 0. The second-order valence-electron chi connectivity index (χ2n) is 20.8. The van der Waals surface area contributed by atoms with Crippen molar-refractivity contribution in [1.29, 1.82) is 0 Å². The molecule has 88 heavy (non-hydrogen) atoms. The number of fused-ring (bicyclic) bond motifs is 10. The van der Waals surface area contributed by atoms with Gasteiger partial charge in [0.15, 0.2) is 0 Å². The average molecular weight is 1210 g/mol. The Labute approximate surface area is 514 Å². The summed E-state index contributed by atoms with van der Waals surface area (Å²) in [5.74, 6) is -0.592. The third-order valence-electron chi connectivity index (χ3n) is 14.5. The van der Waals surface area contributed by atoms with Gasteiger partial charge in [-0.05, 0) is 48.2 Å². The Morgan fingerprint density at radius 1 is 0.523 bits per heavy atom. The summed E-state index contributed by atoms with van der Waals surface area (Å²) in [6, 6.07) is 31.0. The molecule has 4 aromatic carbocycles. The minimum absolute atomic E-state index is 0.120. The van der Waals surface area contributed by atoms with Crippen LogP contribution in [0.2, 0.25) is 0 Å². The minimum Gasteiger partial charge on any atom is -0.448 e. The van der Waals surface area contributed by atoms with Crippen LogP contribution in [-0.4, -0.2) is 154 Å². The summed E-state index contributed by atoms with van der Waals surface area (Å²) in [5, 5.41) is 27.9. The van der Waals surface area contributed by atoms with Gasteiger partial charge in [0.1, 0.15) is 25.5 Å². The number of unbranched alkanes of at least 4 members (excludes halogenated alkanes) is 4. The van der Waals surface area contributed by atoms with Crippen LogP contribution in [0.15, 0.2) is 97.1 Å². The predicted octanol–water partition coefficient (Wildman–Crippen LogP) is 7.29. The van der Waals surface area contributed by atoms with Crippen LogP contribution in [-0.2, 0) is 73.8 Å². The maximum Gasteiger partial charge on any atom is 0.407 e. The molecule has 0 radical (unpaired) electrons. The first-order valence-electron chi connectivity index (χ1n) is 30.4. The van der Waals surface area contributed by atoms with Gasteiger partial charge >= 0.3 is 12.2 Å². The molecule has 8 rings (SSSR count). The highest BCUT2D eigenvalue weighted by Gasteiger charge is 2.34. The number of hydrogen-bond acceptors (Lipinski definition) is 15. The molecule has 0 bridgehead atoms. The highest BCUT2D eigenvalue weighted by Crippen LogP contribution is 2.42. The lowest BCUT2D eigenvalue weighted by Crippen LogP contribution is -2.42. The molecule has 5 N–H and O–H groups in total. The fourth-order valence-electron chi connectivity index (χ4n) is 10.0. The van der Waals surface area contributed by atoms with Gasteiger partial charge in [0.25, 0.3) is 5.69 Å². The Morgan fingerprint density at radius 3 is 1.59 bits per heavy atom. The first-order chi connectivity index (χ1) is 43.1. The maximum atomic E-state index is 13.7. The monoisotopic (exact) mass is 1210 g/mol. The highest BCUT2D eigenvalue weighted by molar-refractivity contribution is 6.01. The van der Waals surface area contributed by atoms with Gasteiger partial charge in [0, 0.05) is 87.9 Å². The van der Waals surface area contributed by atoms with E-state index in [2.05, 4.69) is 55.7 Å². The SMILES string of the molecule is CCCCCNC(=O)OCC[n+]1[nH]nc2c1-c1ccccc1N(C(=O)CCNC(=O)CCOCCOC)Cc1ccccc1-2.CCCCCNC(=O)OCCn1nnc2c1-c1ccccc1CN(C(=O)CCNC(=O)CCOCCOC)c1ccccc1-2. The number of aromatic amines is 1. The number of carbonyl (C=O) groups excluding carboxylic acids is 6. The number of aromatic nitrogens is 6. The van der Waals surface area contributed by atoms with Gasteiger partial charge in [-0.2, -0.15) is 4.68 Å². The van der Waals surface area contributed by atoms with E-state index in [1.165, 1.54) is 0 Å². The topological polar surface area (TPSA) is 276 Å². The number of hydrogen-bond donors (Lipinski definition) is 5. The van der Waals surface area contributed by atoms with Crippen molar-refractivity contribution in [3.63, 3.8) is 0 Å². The van der Waals surface area contributed by atoms with E-state index in [1.807, 2.05) is 102 Å². The van der Waals surface area contributed by atoms with Gasteiger partial charge in [-0.25, -0.2) is 14.3 Å². The van der Waals surface area contributed by atoms with Crippen molar-refractivity contribution < 1.29 is 61.9 Å². The zero-order valence-corrected chi connectivity index (χ0v) is 51.2. The number of para-hydroxylation sites is 2. The van der Waals surface area contributed by atoms with E-state index in [1.54, 1.807) is 28.7 Å². The molecule has 6 amide bonds. The van der Waals surface area contributed by atoms with Crippen LogP contribution in [0.3, 0.4) is 0 Å². The third-order valence-corrected chi connectivity index (χ3v) is 14.5. The molecule has 24 heteroatoms.